The summed E-state index contributed by atoms with van der Waals surface area (Å²) in [6.07, 6.45) is 0. The van der Waals surface area contributed by atoms with Crippen LogP contribution in [0.2, 0.25) is 0 Å². The predicted octanol–water partition coefficient (Wildman–Crippen LogP) is 3.03. The van der Waals surface area contributed by atoms with Crippen molar-refractivity contribution in [3.05, 3.63) is 41.2 Å². The molecule has 1 aromatic carbocycles. The molecular weight excluding hydrogens is 324 g/mol. The summed E-state index contributed by atoms with van der Waals surface area (Å²) in [4.78, 5) is 12.4. The van der Waals surface area contributed by atoms with Gasteiger partial charge in [-0.1, -0.05) is 49.9 Å². The van der Waals surface area contributed by atoms with Crippen molar-refractivity contribution in [3.63, 3.8) is 0 Å². The Hall–Kier alpha value is -2.02. The first kappa shape index (κ1) is 16.8. The average molecular weight is 346 g/mol. The molecule has 2 unspecified atom stereocenters. The monoisotopic (exact) mass is 346 g/mol. The first-order valence-electron chi connectivity index (χ1n) is 8.13. The average Bonchev–Trinajstić information content (AvgIpc) is 2.94. The van der Waals surface area contributed by atoms with Gasteiger partial charge < -0.3 is 10.2 Å². The lowest BCUT2D eigenvalue weighted by Crippen LogP contribution is -2.39. The first-order chi connectivity index (χ1) is 11.5. The highest BCUT2D eigenvalue weighted by Gasteiger charge is 2.38. The second-order valence-corrected chi connectivity index (χ2v) is 7.19. The lowest BCUT2D eigenvalue weighted by molar-refractivity contribution is -0.142. The normalized spacial score (nSPS) is 19.7. The highest BCUT2D eigenvalue weighted by molar-refractivity contribution is 8.00. The lowest BCUT2D eigenvalue weighted by Gasteiger charge is -2.32. The van der Waals surface area contributed by atoms with Crippen molar-refractivity contribution in [2.24, 2.45) is 0 Å². The smallest absolute Gasteiger partial charge is 0.322 e. The summed E-state index contributed by atoms with van der Waals surface area (Å²) in [5.41, 5.74) is 5.69. The number of aryl methyl sites for hydroxylation is 1. The van der Waals surface area contributed by atoms with E-state index in [2.05, 4.69) is 53.7 Å². The quantitative estimate of drug-likeness (QED) is 0.858. The number of rotatable bonds is 4. The molecule has 6 nitrogen and oxygen atoms in total. The second-order valence-electron chi connectivity index (χ2n) is 6.08. The van der Waals surface area contributed by atoms with Gasteiger partial charge in [-0.15, -0.1) is 10.2 Å². The highest BCUT2D eigenvalue weighted by atomic mass is 32.2. The van der Waals surface area contributed by atoms with Crippen LogP contribution >= 0.6 is 11.8 Å². The van der Waals surface area contributed by atoms with Gasteiger partial charge in [-0.2, -0.15) is 0 Å². The van der Waals surface area contributed by atoms with Crippen LogP contribution in [0, 0.1) is 6.92 Å². The Labute approximate surface area is 146 Å². The summed E-state index contributed by atoms with van der Waals surface area (Å²) in [6.45, 7) is 8.39. The number of esters is 1. The zero-order chi connectivity index (χ0) is 17.3. The molecular formula is C17H22N4O2S. The molecule has 128 valence electrons. The third-order valence-corrected chi connectivity index (χ3v) is 5.27. The van der Waals surface area contributed by atoms with E-state index in [4.69, 9.17) is 4.74 Å². The molecule has 3 rings (SSSR count). The van der Waals surface area contributed by atoms with Crippen LogP contribution in [0.25, 0.3) is 0 Å². The maximum atomic E-state index is 12.4. The molecule has 0 radical (unpaired) electrons. The van der Waals surface area contributed by atoms with Gasteiger partial charge in [0.05, 0.1) is 12.6 Å². The molecule has 0 spiro atoms. The Bertz CT molecular complexity index is 727. The minimum absolute atomic E-state index is 0.197. The summed E-state index contributed by atoms with van der Waals surface area (Å²) in [7, 11) is 0. The molecule has 1 aromatic heterocycles. The molecule has 0 amide bonds. The SMILES string of the molecule is CCOC(=O)C1Sc2nnc(C)n2NC1c1ccc(C(C)C)cc1. The Kier molecular flexibility index (Phi) is 4.80. The van der Waals surface area contributed by atoms with Gasteiger partial charge in [0.2, 0.25) is 5.16 Å². The zero-order valence-electron chi connectivity index (χ0n) is 14.3. The number of thioether (sulfide) groups is 1. The summed E-state index contributed by atoms with van der Waals surface area (Å²) < 4.78 is 7.09. The molecule has 1 aliphatic heterocycles. The van der Waals surface area contributed by atoms with E-state index in [1.54, 1.807) is 0 Å². The van der Waals surface area contributed by atoms with Gasteiger partial charge in [-0.25, -0.2) is 4.68 Å². The van der Waals surface area contributed by atoms with Crippen molar-refractivity contribution in [2.75, 3.05) is 12.0 Å². The third kappa shape index (κ3) is 3.13. The molecule has 0 saturated heterocycles. The number of benzene rings is 1. The van der Waals surface area contributed by atoms with E-state index in [-0.39, 0.29) is 12.0 Å². The summed E-state index contributed by atoms with van der Waals surface area (Å²) >= 11 is 1.39. The van der Waals surface area contributed by atoms with E-state index in [0.717, 1.165) is 11.4 Å². The van der Waals surface area contributed by atoms with Crippen LogP contribution < -0.4 is 5.43 Å². The fraction of sp³-hybridized carbons (Fsp3) is 0.471. The van der Waals surface area contributed by atoms with Crippen molar-refractivity contribution in [3.8, 4) is 0 Å². The van der Waals surface area contributed by atoms with Crippen LogP contribution in [0.3, 0.4) is 0 Å². The van der Waals surface area contributed by atoms with Crippen molar-refractivity contribution in [1.29, 1.82) is 0 Å². The molecule has 0 bridgehead atoms. The molecule has 2 heterocycles. The molecule has 0 saturated carbocycles. The van der Waals surface area contributed by atoms with Crippen LogP contribution in [-0.2, 0) is 9.53 Å². The van der Waals surface area contributed by atoms with Gasteiger partial charge in [-0.05, 0) is 30.9 Å². The van der Waals surface area contributed by atoms with Gasteiger partial charge in [0, 0.05) is 0 Å². The Balaban J connectivity index is 1.95. The predicted molar refractivity (Wildman–Crippen MR) is 93.7 cm³/mol. The summed E-state index contributed by atoms with van der Waals surface area (Å²) in [5.74, 6) is 1.00. The maximum Gasteiger partial charge on any atom is 0.322 e. The summed E-state index contributed by atoms with van der Waals surface area (Å²) in [5, 5.41) is 8.48. The lowest BCUT2D eigenvalue weighted by atomic mass is 9.98. The number of hydrogen-bond donors (Lipinski definition) is 1. The maximum absolute atomic E-state index is 12.4. The number of carbonyl (C=O) groups is 1. The standard InChI is InChI=1S/C17H22N4O2S/c1-5-23-16(22)15-14(13-8-6-12(7-9-13)10(2)3)20-21-11(4)18-19-17(21)24-15/h6-10,14-15,20H,5H2,1-4H3. The number of carbonyl (C=O) groups excluding carboxylic acids is 1. The minimum Gasteiger partial charge on any atom is -0.465 e. The van der Waals surface area contributed by atoms with Gasteiger partial charge in [0.15, 0.2) is 0 Å². The van der Waals surface area contributed by atoms with E-state index in [9.17, 15) is 4.79 Å². The number of nitrogens with one attached hydrogen (secondary N) is 1. The van der Waals surface area contributed by atoms with Gasteiger partial charge in [0.1, 0.15) is 11.1 Å². The minimum atomic E-state index is -0.397. The molecule has 2 atom stereocenters. The second kappa shape index (κ2) is 6.84. The van der Waals surface area contributed by atoms with E-state index in [0.29, 0.717) is 17.7 Å². The van der Waals surface area contributed by atoms with Gasteiger partial charge in [0.25, 0.3) is 0 Å². The Morgan fingerprint density at radius 3 is 2.67 bits per heavy atom. The largest absolute Gasteiger partial charge is 0.465 e. The Morgan fingerprint density at radius 1 is 1.33 bits per heavy atom. The molecule has 2 aromatic rings. The van der Waals surface area contributed by atoms with Crippen molar-refractivity contribution >= 4 is 17.7 Å². The number of nitrogens with zero attached hydrogens (tertiary/aromatic N) is 3. The third-order valence-electron chi connectivity index (χ3n) is 4.08. The zero-order valence-corrected chi connectivity index (χ0v) is 15.1. The molecule has 1 N–H and O–H groups in total. The molecule has 1 aliphatic rings. The highest BCUT2D eigenvalue weighted by Crippen LogP contribution is 2.37. The molecule has 24 heavy (non-hydrogen) atoms. The molecule has 0 aliphatic carbocycles. The van der Waals surface area contributed by atoms with Crippen LogP contribution in [-0.4, -0.2) is 32.7 Å². The summed E-state index contributed by atoms with van der Waals surface area (Å²) in [6, 6.07) is 8.18. The molecule has 7 heteroatoms. The number of fused-ring (bicyclic) bond motifs is 1. The van der Waals surface area contributed by atoms with Crippen molar-refractivity contribution in [1.82, 2.24) is 14.9 Å². The van der Waals surface area contributed by atoms with Crippen molar-refractivity contribution in [2.45, 2.75) is 50.1 Å². The Morgan fingerprint density at radius 2 is 2.04 bits per heavy atom. The van der Waals surface area contributed by atoms with E-state index in [1.165, 1.54) is 17.3 Å². The van der Waals surface area contributed by atoms with E-state index in [1.807, 2.05) is 18.5 Å². The number of hydrogen-bond acceptors (Lipinski definition) is 6. The fourth-order valence-corrected chi connectivity index (χ4v) is 3.83. The van der Waals surface area contributed by atoms with E-state index >= 15 is 0 Å². The van der Waals surface area contributed by atoms with Crippen LogP contribution in [0.5, 0.6) is 0 Å². The van der Waals surface area contributed by atoms with Gasteiger partial charge >= 0.3 is 5.97 Å². The van der Waals surface area contributed by atoms with Crippen LogP contribution in [0.15, 0.2) is 29.4 Å². The van der Waals surface area contributed by atoms with Crippen LogP contribution in [0.4, 0.5) is 0 Å². The van der Waals surface area contributed by atoms with E-state index < -0.39 is 5.25 Å². The van der Waals surface area contributed by atoms with Crippen molar-refractivity contribution < 1.29 is 9.53 Å². The topological polar surface area (TPSA) is 69.0 Å². The van der Waals surface area contributed by atoms with Crippen LogP contribution in [0.1, 0.15) is 49.7 Å². The molecule has 0 fully saturated rings. The number of ether oxygens (including phenoxy) is 1. The first-order valence-corrected chi connectivity index (χ1v) is 9.01. The fourth-order valence-electron chi connectivity index (χ4n) is 2.70. The van der Waals surface area contributed by atoms with Gasteiger partial charge in [-0.3, -0.25) is 4.79 Å². The number of aromatic nitrogens is 3.